The average molecular weight is 190 g/mol. The zero-order valence-electron chi connectivity index (χ0n) is 7.80. The van der Waals surface area contributed by atoms with Gasteiger partial charge in [-0.1, -0.05) is 18.2 Å². The highest BCUT2D eigenvalue weighted by Crippen LogP contribution is 2.10. The van der Waals surface area contributed by atoms with Crippen LogP contribution in [0.4, 0.5) is 0 Å². The van der Waals surface area contributed by atoms with Gasteiger partial charge in [-0.15, -0.1) is 0 Å². The fourth-order valence-corrected chi connectivity index (χ4v) is 1.20. The molecule has 0 aromatic heterocycles. The number of benzene rings is 1. The minimum atomic E-state index is -0.649. The van der Waals surface area contributed by atoms with Crippen molar-refractivity contribution < 1.29 is 4.92 Å². The van der Waals surface area contributed by atoms with E-state index in [1.54, 1.807) is 24.3 Å². The number of hydrogen-bond acceptors (Lipinski definition) is 3. The Morgan fingerprint density at radius 1 is 1.57 bits per heavy atom. The quantitative estimate of drug-likeness (QED) is 0.538. The van der Waals surface area contributed by atoms with Gasteiger partial charge in [0.1, 0.15) is 0 Å². The molecule has 14 heavy (non-hydrogen) atoms. The summed E-state index contributed by atoms with van der Waals surface area (Å²) in [5.74, 6) is 0. The van der Waals surface area contributed by atoms with Crippen LogP contribution in [-0.2, 0) is 6.42 Å². The number of rotatable bonds is 3. The van der Waals surface area contributed by atoms with E-state index in [0.717, 1.165) is 5.56 Å². The van der Waals surface area contributed by atoms with E-state index in [0.29, 0.717) is 12.0 Å². The van der Waals surface area contributed by atoms with Gasteiger partial charge < -0.3 is 0 Å². The molecule has 0 heterocycles. The smallest absolute Gasteiger partial charge is 0.214 e. The van der Waals surface area contributed by atoms with Crippen molar-refractivity contribution >= 4 is 0 Å². The Hall–Kier alpha value is -1.89. The van der Waals surface area contributed by atoms with Gasteiger partial charge in [-0.3, -0.25) is 10.1 Å². The summed E-state index contributed by atoms with van der Waals surface area (Å²) >= 11 is 0. The first kappa shape index (κ1) is 10.2. The molecule has 0 fully saturated rings. The van der Waals surface area contributed by atoms with E-state index < -0.39 is 6.04 Å². The third kappa shape index (κ3) is 2.30. The second-order valence-electron chi connectivity index (χ2n) is 3.11. The van der Waals surface area contributed by atoms with Crippen LogP contribution in [0.2, 0.25) is 0 Å². The van der Waals surface area contributed by atoms with Crippen LogP contribution in [-0.4, -0.2) is 11.0 Å². The topological polar surface area (TPSA) is 66.9 Å². The molecular weight excluding hydrogens is 180 g/mol. The molecule has 0 amide bonds. The van der Waals surface area contributed by atoms with E-state index >= 15 is 0 Å². The maximum atomic E-state index is 10.4. The first-order chi connectivity index (χ1) is 6.65. The Labute approximate surface area is 81.9 Å². The maximum Gasteiger partial charge on any atom is 0.214 e. The third-order valence-corrected chi connectivity index (χ3v) is 2.01. The number of nitriles is 1. The number of nitrogens with zero attached hydrogens (tertiary/aromatic N) is 2. The molecule has 0 radical (unpaired) electrons. The summed E-state index contributed by atoms with van der Waals surface area (Å²) < 4.78 is 0. The van der Waals surface area contributed by atoms with Gasteiger partial charge in [0.2, 0.25) is 6.04 Å². The largest absolute Gasteiger partial charge is 0.264 e. The first-order valence-electron chi connectivity index (χ1n) is 4.26. The normalized spacial score (nSPS) is 11.7. The minimum absolute atomic E-state index is 0.302. The molecule has 0 aliphatic carbocycles. The van der Waals surface area contributed by atoms with E-state index in [1.807, 2.05) is 6.07 Å². The van der Waals surface area contributed by atoms with Gasteiger partial charge in [0.15, 0.2) is 0 Å². The second kappa shape index (κ2) is 4.38. The molecule has 1 aromatic rings. The molecule has 0 bridgehead atoms. The van der Waals surface area contributed by atoms with E-state index in [1.165, 1.54) is 6.92 Å². The maximum absolute atomic E-state index is 10.4. The lowest BCUT2D eigenvalue weighted by Gasteiger charge is -2.04. The van der Waals surface area contributed by atoms with Crippen molar-refractivity contribution in [1.29, 1.82) is 5.26 Å². The number of nitro groups is 1. The second-order valence-corrected chi connectivity index (χ2v) is 3.11. The molecule has 1 atom stereocenters. The fourth-order valence-electron chi connectivity index (χ4n) is 1.20. The molecule has 4 nitrogen and oxygen atoms in total. The molecule has 0 saturated heterocycles. The Balaban J connectivity index is 2.87. The van der Waals surface area contributed by atoms with Crippen molar-refractivity contribution in [1.82, 2.24) is 0 Å². The summed E-state index contributed by atoms with van der Waals surface area (Å²) in [6, 6.07) is 8.32. The van der Waals surface area contributed by atoms with Crippen LogP contribution >= 0.6 is 0 Å². The van der Waals surface area contributed by atoms with Crippen molar-refractivity contribution in [3.63, 3.8) is 0 Å². The molecule has 72 valence electrons. The summed E-state index contributed by atoms with van der Waals surface area (Å²) in [6.45, 7) is 1.54. The lowest BCUT2D eigenvalue weighted by atomic mass is 10.0. The van der Waals surface area contributed by atoms with E-state index in [9.17, 15) is 10.1 Å². The standard InChI is InChI=1S/C10H10N2O2/c1-8(12(13)14)6-9-4-2-3-5-10(9)7-11/h2-5,8H,6H2,1H3. The molecule has 0 aliphatic heterocycles. The van der Waals surface area contributed by atoms with Gasteiger partial charge in [0, 0.05) is 18.3 Å². The summed E-state index contributed by atoms with van der Waals surface area (Å²) in [7, 11) is 0. The molecule has 0 saturated carbocycles. The van der Waals surface area contributed by atoms with Gasteiger partial charge in [-0.2, -0.15) is 5.26 Å². The lowest BCUT2D eigenvalue weighted by molar-refractivity contribution is -0.517. The molecular formula is C10H10N2O2. The van der Waals surface area contributed by atoms with Gasteiger partial charge in [-0.25, -0.2) is 0 Å². The van der Waals surface area contributed by atoms with Crippen molar-refractivity contribution in [3.8, 4) is 6.07 Å². The number of hydrogen-bond donors (Lipinski definition) is 0. The van der Waals surface area contributed by atoms with Crippen LogP contribution in [0, 0.1) is 21.4 Å². The summed E-state index contributed by atoms with van der Waals surface area (Å²) in [5, 5.41) is 19.2. The molecule has 0 spiro atoms. The average Bonchev–Trinajstić information content (AvgIpc) is 2.18. The van der Waals surface area contributed by atoms with Gasteiger partial charge in [-0.05, 0) is 11.6 Å². The Kier molecular flexibility index (Phi) is 3.19. The van der Waals surface area contributed by atoms with E-state index in [2.05, 4.69) is 0 Å². The monoisotopic (exact) mass is 190 g/mol. The molecule has 1 rings (SSSR count). The predicted octanol–water partition coefficient (Wildman–Crippen LogP) is 1.77. The predicted molar refractivity (Wildman–Crippen MR) is 51.3 cm³/mol. The summed E-state index contributed by atoms with van der Waals surface area (Å²) in [6.07, 6.45) is 0.302. The van der Waals surface area contributed by atoms with Crippen LogP contribution in [0.3, 0.4) is 0 Å². The van der Waals surface area contributed by atoms with Crippen LogP contribution in [0.15, 0.2) is 24.3 Å². The Bertz CT molecular complexity index is 382. The zero-order chi connectivity index (χ0) is 10.6. The molecule has 0 aliphatic rings. The highest BCUT2D eigenvalue weighted by Gasteiger charge is 2.15. The Morgan fingerprint density at radius 3 is 2.79 bits per heavy atom. The third-order valence-electron chi connectivity index (χ3n) is 2.01. The first-order valence-corrected chi connectivity index (χ1v) is 4.26. The fraction of sp³-hybridized carbons (Fsp3) is 0.300. The molecule has 1 aromatic carbocycles. The SMILES string of the molecule is CC(Cc1ccccc1C#N)[N+](=O)[O-]. The molecule has 0 N–H and O–H groups in total. The van der Waals surface area contributed by atoms with E-state index in [-0.39, 0.29) is 4.92 Å². The van der Waals surface area contributed by atoms with Crippen molar-refractivity contribution in [2.75, 3.05) is 0 Å². The Morgan fingerprint density at radius 2 is 2.21 bits per heavy atom. The van der Waals surface area contributed by atoms with Crippen LogP contribution in [0.25, 0.3) is 0 Å². The van der Waals surface area contributed by atoms with E-state index in [4.69, 9.17) is 5.26 Å². The zero-order valence-corrected chi connectivity index (χ0v) is 7.80. The molecule has 1 unspecified atom stereocenters. The van der Waals surface area contributed by atoms with Crippen LogP contribution in [0.1, 0.15) is 18.1 Å². The highest BCUT2D eigenvalue weighted by atomic mass is 16.6. The van der Waals surface area contributed by atoms with Crippen molar-refractivity contribution in [2.45, 2.75) is 19.4 Å². The van der Waals surface area contributed by atoms with Gasteiger partial charge >= 0.3 is 0 Å². The minimum Gasteiger partial charge on any atom is -0.264 e. The van der Waals surface area contributed by atoms with Crippen molar-refractivity contribution in [2.24, 2.45) is 0 Å². The van der Waals surface area contributed by atoms with Crippen molar-refractivity contribution in [3.05, 3.63) is 45.5 Å². The van der Waals surface area contributed by atoms with Crippen LogP contribution < -0.4 is 0 Å². The lowest BCUT2D eigenvalue weighted by Crippen LogP contribution is -2.18. The van der Waals surface area contributed by atoms with Crippen LogP contribution in [0.5, 0.6) is 0 Å². The highest BCUT2D eigenvalue weighted by molar-refractivity contribution is 5.37. The summed E-state index contributed by atoms with van der Waals surface area (Å²) in [5.41, 5.74) is 1.25. The summed E-state index contributed by atoms with van der Waals surface area (Å²) in [4.78, 5) is 10.1. The van der Waals surface area contributed by atoms with Gasteiger partial charge in [0.05, 0.1) is 11.6 Å². The van der Waals surface area contributed by atoms with Gasteiger partial charge in [0.25, 0.3) is 0 Å². The molecule has 4 heteroatoms.